The molecule has 0 fully saturated rings. The quantitative estimate of drug-likeness (QED) is 0.211. The standard InChI is InChI=1S/C38H24N4/c1-3-16-32-28(12-1)29-13-2-4-17-33(29)37-36(32)40-38(25-20-22-39-23-21-25)42(37)27-11-9-10-26(24-27)41-34-18-7-5-14-30(34)31-15-6-8-19-35(31)41/h1-24H. The van der Waals surface area contributed by atoms with Crippen molar-refractivity contribution in [2.75, 3.05) is 0 Å². The van der Waals surface area contributed by atoms with Gasteiger partial charge in [0.2, 0.25) is 0 Å². The lowest BCUT2D eigenvalue weighted by atomic mass is 10.00. The molecule has 0 aliphatic heterocycles. The van der Waals surface area contributed by atoms with E-state index in [0.717, 1.165) is 39.2 Å². The predicted octanol–water partition coefficient (Wildman–Crippen LogP) is 9.49. The number of benzene rings is 6. The number of rotatable bonds is 3. The fourth-order valence-corrected chi connectivity index (χ4v) is 6.62. The van der Waals surface area contributed by atoms with Gasteiger partial charge in [0.05, 0.1) is 22.1 Å². The zero-order chi connectivity index (χ0) is 27.6. The topological polar surface area (TPSA) is 35.6 Å². The monoisotopic (exact) mass is 536 g/mol. The van der Waals surface area contributed by atoms with Gasteiger partial charge in [-0.1, -0.05) is 91.0 Å². The van der Waals surface area contributed by atoms with Crippen molar-refractivity contribution in [1.29, 1.82) is 0 Å². The Bertz CT molecular complexity index is 2410. The van der Waals surface area contributed by atoms with E-state index in [-0.39, 0.29) is 0 Å². The molecule has 196 valence electrons. The Morgan fingerprint density at radius 3 is 1.62 bits per heavy atom. The molecule has 0 amide bonds. The Hall–Kier alpha value is -5.74. The highest BCUT2D eigenvalue weighted by atomic mass is 15.1. The Morgan fingerprint density at radius 2 is 0.952 bits per heavy atom. The van der Waals surface area contributed by atoms with Gasteiger partial charge in [-0.2, -0.15) is 0 Å². The summed E-state index contributed by atoms with van der Waals surface area (Å²) >= 11 is 0. The molecule has 9 aromatic rings. The van der Waals surface area contributed by atoms with Crippen molar-refractivity contribution in [2.45, 2.75) is 0 Å². The summed E-state index contributed by atoms with van der Waals surface area (Å²) in [7, 11) is 0. The van der Waals surface area contributed by atoms with Crippen LogP contribution in [0.1, 0.15) is 0 Å². The SMILES string of the molecule is c1cc(-n2c(-c3ccncc3)nc3c4ccccc4c4ccccc4c32)cc(-n2c3ccccc3c3ccccc32)c1. The van der Waals surface area contributed by atoms with E-state index >= 15 is 0 Å². The Labute approximate surface area is 241 Å². The minimum Gasteiger partial charge on any atom is -0.309 e. The first-order valence-corrected chi connectivity index (χ1v) is 14.2. The number of fused-ring (bicyclic) bond motifs is 9. The van der Waals surface area contributed by atoms with Crippen LogP contribution >= 0.6 is 0 Å². The minimum atomic E-state index is 0.897. The molecule has 0 unspecified atom stereocenters. The smallest absolute Gasteiger partial charge is 0.145 e. The molecule has 4 nitrogen and oxygen atoms in total. The maximum atomic E-state index is 5.36. The number of hydrogen-bond donors (Lipinski definition) is 0. The average molecular weight is 537 g/mol. The van der Waals surface area contributed by atoms with E-state index in [2.05, 4.69) is 135 Å². The summed E-state index contributed by atoms with van der Waals surface area (Å²) in [5.74, 6) is 0.897. The van der Waals surface area contributed by atoms with Crippen molar-refractivity contribution in [3.63, 3.8) is 0 Å². The zero-order valence-electron chi connectivity index (χ0n) is 22.6. The van der Waals surface area contributed by atoms with Crippen molar-refractivity contribution in [1.82, 2.24) is 19.1 Å². The van der Waals surface area contributed by atoms with Gasteiger partial charge in [0.1, 0.15) is 5.82 Å². The molecule has 0 saturated carbocycles. The molecule has 0 radical (unpaired) electrons. The van der Waals surface area contributed by atoms with Crippen molar-refractivity contribution in [3.8, 4) is 22.8 Å². The van der Waals surface area contributed by atoms with E-state index < -0.39 is 0 Å². The normalized spacial score (nSPS) is 11.8. The number of pyridine rings is 1. The van der Waals surface area contributed by atoms with Crippen LogP contribution in [0.5, 0.6) is 0 Å². The molecule has 3 heterocycles. The van der Waals surface area contributed by atoms with Gasteiger partial charge in [0.15, 0.2) is 0 Å². The van der Waals surface area contributed by atoms with E-state index in [9.17, 15) is 0 Å². The number of para-hydroxylation sites is 2. The van der Waals surface area contributed by atoms with E-state index in [1.807, 2.05) is 24.5 Å². The first-order chi connectivity index (χ1) is 20.9. The predicted molar refractivity (Wildman–Crippen MR) is 174 cm³/mol. The molecule has 0 bridgehead atoms. The van der Waals surface area contributed by atoms with Crippen LogP contribution in [0.3, 0.4) is 0 Å². The highest BCUT2D eigenvalue weighted by Crippen LogP contribution is 2.40. The van der Waals surface area contributed by atoms with Gasteiger partial charge in [-0.25, -0.2) is 4.98 Å². The van der Waals surface area contributed by atoms with Gasteiger partial charge in [0, 0.05) is 50.9 Å². The van der Waals surface area contributed by atoms with E-state index in [4.69, 9.17) is 4.98 Å². The summed E-state index contributed by atoms with van der Waals surface area (Å²) in [6.07, 6.45) is 3.67. The van der Waals surface area contributed by atoms with Crippen LogP contribution in [-0.4, -0.2) is 19.1 Å². The van der Waals surface area contributed by atoms with Crippen molar-refractivity contribution < 1.29 is 0 Å². The van der Waals surface area contributed by atoms with Gasteiger partial charge in [0.25, 0.3) is 0 Å². The number of imidazole rings is 1. The fourth-order valence-electron chi connectivity index (χ4n) is 6.62. The third-order valence-corrected chi connectivity index (χ3v) is 8.40. The molecule has 42 heavy (non-hydrogen) atoms. The molecule has 6 aromatic carbocycles. The van der Waals surface area contributed by atoms with Crippen LogP contribution < -0.4 is 0 Å². The Balaban J connectivity index is 1.42. The van der Waals surface area contributed by atoms with Crippen LogP contribution in [0.25, 0.3) is 77.1 Å². The van der Waals surface area contributed by atoms with Crippen LogP contribution in [0.4, 0.5) is 0 Å². The first-order valence-electron chi connectivity index (χ1n) is 14.2. The van der Waals surface area contributed by atoms with E-state index in [1.54, 1.807) is 0 Å². The lowest BCUT2D eigenvalue weighted by Gasteiger charge is -2.15. The van der Waals surface area contributed by atoms with Crippen LogP contribution in [-0.2, 0) is 0 Å². The molecule has 0 aliphatic rings. The zero-order valence-corrected chi connectivity index (χ0v) is 22.6. The summed E-state index contributed by atoms with van der Waals surface area (Å²) in [5, 5.41) is 7.27. The first kappa shape index (κ1) is 23.0. The lowest BCUT2D eigenvalue weighted by molar-refractivity contribution is 1.09. The molecular formula is C38H24N4. The second kappa shape index (κ2) is 8.88. The molecule has 0 spiro atoms. The summed E-state index contributed by atoms with van der Waals surface area (Å²) in [5.41, 5.74) is 7.68. The molecule has 0 aliphatic carbocycles. The molecule has 0 N–H and O–H groups in total. The van der Waals surface area contributed by atoms with E-state index in [1.165, 1.54) is 38.0 Å². The Kier molecular flexibility index (Phi) is 4.87. The van der Waals surface area contributed by atoms with Crippen LogP contribution in [0.2, 0.25) is 0 Å². The van der Waals surface area contributed by atoms with Gasteiger partial charge < -0.3 is 4.57 Å². The number of aromatic nitrogens is 4. The van der Waals surface area contributed by atoms with Crippen molar-refractivity contribution in [3.05, 3.63) is 146 Å². The molecule has 4 heteroatoms. The molecule has 3 aromatic heterocycles. The fraction of sp³-hybridized carbons (Fsp3) is 0. The summed E-state index contributed by atoms with van der Waals surface area (Å²) in [4.78, 5) is 9.65. The maximum absolute atomic E-state index is 5.36. The molecule has 0 saturated heterocycles. The average Bonchev–Trinajstić information content (AvgIpc) is 3.63. The van der Waals surface area contributed by atoms with E-state index in [0.29, 0.717) is 0 Å². The van der Waals surface area contributed by atoms with Crippen LogP contribution in [0, 0.1) is 0 Å². The summed E-state index contributed by atoms with van der Waals surface area (Å²) in [6.45, 7) is 0. The van der Waals surface area contributed by atoms with Gasteiger partial charge in [-0.15, -0.1) is 0 Å². The number of nitrogens with zero attached hydrogens (tertiary/aromatic N) is 4. The summed E-state index contributed by atoms with van der Waals surface area (Å²) in [6, 6.07) is 47.5. The van der Waals surface area contributed by atoms with Crippen molar-refractivity contribution >= 4 is 54.4 Å². The highest BCUT2D eigenvalue weighted by molar-refractivity contribution is 6.24. The summed E-state index contributed by atoms with van der Waals surface area (Å²) < 4.78 is 4.70. The maximum Gasteiger partial charge on any atom is 0.145 e. The van der Waals surface area contributed by atoms with Gasteiger partial charge in [-0.3, -0.25) is 9.55 Å². The second-order valence-corrected chi connectivity index (χ2v) is 10.7. The Morgan fingerprint density at radius 1 is 0.429 bits per heavy atom. The van der Waals surface area contributed by atoms with Gasteiger partial charge in [-0.05, 0) is 53.2 Å². The number of hydrogen-bond acceptors (Lipinski definition) is 2. The molecular weight excluding hydrogens is 512 g/mol. The van der Waals surface area contributed by atoms with Crippen LogP contribution in [0.15, 0.2) is 146 Å². The largest absolute Gasteiger partial charge is 0.309 e. The third-order valence-electron chi connectivity index (χ3n) is 8.40. The lowest BCUT2D eigenvalue weighted by Crippen LogP contribution is -2.01. The minimum absolute atomic E-state index is 0.897. The highest BCUT2D eigenvalue weighted by Gasteiger charge is 2.21. The van der Waals surface area contributed by atoms with Crippen molar-refractivity contribution in [2.24, 2.45) is 0 Å². The second-order valence-electron chi connectivity index (χ2n) is 10.7. The third kappa shape index (κ3) is 3.23. The molecule has 0 atom stereocenters. The van der Waals surface area contributed by atoms with Gasteiger partial charge >= 0.3 is 0 Å². The molecule has 9 rings (SSSR count).